The van der Waals surface area contributed by atoms with Crippen LogP contribution in [0.15, 0.2) is 0 Å². The van der Waals surface area contributed by atoms with Gasteiger partial charge in [-0.15, -0.1) is 0 Å². The minimum atomic E-state index is -1.37. The summed E-state index contributed by atoms with van der Waals surface area (Å²) in [5.41, 5.74) is 24.2. The Kier molecular flexibility index (Phi) is 10.7. The van der Waals surface area contributed by atoms with Crippen LogP contribution in [0, 0.1) is 71.0 Å². The second-order valence-corrected chi connectivity index (χ2v) is 17.9. The summed E-state index contributed by atoms with van der Waals surface area (Å²) in [6, 6.07) is 0. The number of carbonyl (C=O) groups is 4. The molecule has 9 rings (SSSR count). The second-order valence-electron chi connectivity index (χ2n) is 17.9. The van der Waals surface area contributed by atoms with E-state index < -0.39 is 71.5 Å². The maximum atomic E-state index is 13.5. The van der Waals surface area contributed by atoms with E-state index in [0.29, 0.717) is 35.5 Å². The SMILES string of the molecule is NC(=O)C1C(C(N)=O)C(C(N)=O)C2C3NC4NC(NC5NC(NC6NC(NC(N3)C2C1C(N)=O)C1CCCCC61)C1CCCCC51)C1CCCCC41.[Cu]. The fourth-order valence-corrected chi connectivity index (χ4v) is 13.6. The van der Waals surface area contributed by atoms with Crippen LogP contribution in [0.25, 0.3) is 0 Å². The molecule has 4 aliphatic carbocycles. The number of amides is 4. The molecule has 5 aliphatic heterocycles. The number of nitrogens with one attached hydrogen (secondary N) is 8. The van der Waals surface area contributed by atoms with Crippen LogP contribution in [0.5, 0.6) is 0 Å². The fourth-order valence-electron chi connectivity index (χ4n) is 13.6. The van der Waals surface area contributed by atoms with Gasteiger partial charge < -0.3 is 22.9 Å². The van der Waals surface area contributed by atoms with Crippen molar-refractivity contribution in [2.45, 2.75) is 126 Å². The van der Waals surface area contributed by atoms with Crippen LogP contribution in [-0.4, -0.2) is 73.0 Å². The third-order valence-electron chi connectivity index (χ3n) is 15.6. The fraction of sp³-hybridized carbons (Fsp3) is 0.889. The van der Waals surface area contributed by atoms with Gasteiger partial charge in [-0.05, 0) is 74.0 Å². The Morgan fingerprint density at radius 2 is 0.509 bits per heavy atom. The van der Waals surface area contributed by atoms with Crippen molar-refractivity contribution < 1.29 is 36.2 Å². The van der Waals surface area contributed by atoms with Gasteiger partial charge in [-0.1, -0.05) is 38.5 Å². The van der Waals surface area contributed by atoms with Crippen molar-refractivity contribution in [3.63, 3.8) is 0 Å². The van der Waals surface area contributed by atoms with Crippen LogP contribution >= 0.6 is 0 Å². The number of carbonyl (C=O) groups excluding carboxylic acids is 4. The quantitative estimate of drug-likeness (QED) is 0.131. The summed E-state index contributed by atoms with van der Waals surface area (Å²) in [6.45, 7) is 0. The molecule has 5 heterocycles. The van der Waals surface area contributed by atoms with Gasteiger partial charge in [-0.25, -0.2) is 0 Å². The Bertz CT molecular complexity index is 1340. The van der Waals surface area contributed by atoms with E-state index in [1.54, 1.807) is 0 Å². The standard InChI is InChI=1S/C36H60N12O4.Cu/c37-25(49)19-20(26(38)50)22(28(40)52)24-23(21(19)27(39)51)35-46-33-17-11-5-3-9-15(17)31(44-33)42-29-13-7-1-2-8-14(13)30(41-29)43-32-16-10-4-6-12-18(16)34(45-32)47-36(24)48-35;/h13-24,29-36,41-48H,1-12H2,(H2,37,49)(H2,38,50)(H2,39,51)(H2,40,52);. The van der Waals surface area contributed by atoms with Crippen LogP contribution < -0.4 is 65.5 Å². The molecular weight excluding hydrogens is 728 g/mol. The minimum Gasteiger partial charge on any atom is -0.369 e. The van der Waals surface area contributed by atoms with Crippen molar-refractivity contribution in [1.82, 2.24) is 42.5 Å². The summed E-state index contributed by atoms with van der Waals surface area (Å²) in [6.07, 6.45) is 13.0. The molecule has 299 valence electrons. The molecule has 9 aliphatic rings. The maximum absolute atomic E-state index is 13.5. The van der Waals surface area contributed by atoms with Crippen LogP contribution in [0.2, 0.25) is 0 Å². The van der Waals surface area contributed by atoms with Gasteiger partial charge in [0.15, 0.2) is 0 Å². The number of nitrogens with two attached hydrogens (primary N) is 4. The topological polar surface area (TPSA) is 269 Å². The predicted molar refractivity (Wildman–Crippen MR) is 189 cm³/mol. The van der Waals surface area contributed by atoms with Crippen molar-refractivity contribution >= 4 is 23.6 Å². The van der Waals surface area contributed by atoms with Crippen LogP contribution in [-0.2, 0) is 36.2 Å². The molecule has 4 amide bonds. The monoisotopic (exact) mass is 787 g/mol. The number of rotatable bonds is 4. The molecule has 4 saturated carbocycles. The normalized spacial score (nSPS) is 51.5. The average Bonchev–Trinajstić information content (AvgIpc) is 3.86. The van der Waals surface area contributed by atoms with E-state index in [9.17, 15) is 19.2 Å². The zero-order valence-corrected chi connectivity index (χ0v) is 31.2. The van der Waals surface area contributed by atoms with Gasteiger partial charge in [-0.2, -0.15) is 0 Å². The zero-order chi connectivity index (χ0) is 36.0. The third-order valence-corrected chi connectivity index (χ3v) is 15.6. The number of primary amides is 4. The van der Waals surface area contributed by atoms with Crippen molar-refractivity contribution in [2.75, 3.05) is 0 Å². The molecule has 1 radical (unpaired) electrons. The average molecular weight is 789 g/mol. The Morgan fingerprint density at radius 3 is 0.717 bits per heavy atom. The predicted octanol–water partition coefficient (Wildman–Crippen LogP) is -2.55. The summed E-state index contributed by atoms with van der Waals surface area (Å²) in [4.78, 5) is 53.5. The van der Waals surface area contributed by atoms with Crippen molar-refractivity contribution in [2.24, 2.45) is 93.9 Å². The number of hydrogen-bond donors (Lipinski definition) is 12. The number of fused-ring (bicyclic) bond motifs is 20. The number of hydrogen-bond acceptors (Lipinski definition) is 12. The first-order valence-corrected chi connectivity index (χ1v) is 20.4. The molecule has 16 nitrogen and oxygen atoms in total. The molecule has 0 aromatic carbocycles. The maximum Gasteiger partial charge on any atom is 0.222 e. The van der Waals surface area contributed by atoms with Gasteiger partial charge in [0.1, 0.15) is 0 Å². The van der Waals surface area contributed by atoms with E-state index in [1.165, 1.54) is 38.5 Å². The molecule has 20 atom stereocenters. The third kappa shape index (κ3) is 6.34. The summed E-state index contributed by atoms with van der Waals surface area (Å²) in [7, 11) is 0. The Labute approximate surface area is 321 Å². The van der Waals surface area contributed by atoms with Gasteiger partial charge in [0, 0.05) is 28.9 Å². The first-order valence-electron chi connectivity index (χ1n) is 20.4. The molecule has 16 N–H and O–H groups in total. The van der Waals surface area contributed by atoms with E-state index in [-0.39, 0.29) is 54.1 Å². The smallest absolute Gasteiger partial charge is 0.222 e. The molecule has 0 spiro atoms. The molecular formula is C36H60CuN12O4. The molecule has 9 fully saturated rings. The summed E-state index contributed by atoms with van der Waals surface area (Å²) in [5, 5.41) is 31.7. The van der Waals surface area contributed by atoms with E-state index >= 15 is 0 Å². The summed E-state index contributed by atoms with van der Waals surface area (Å²) in [5.74, 6) is -7.13. The first kappa shape index (κ1) is 38.0. The van der Waals surface area contributed by atoms with Gasteiger partial charge in [-0.3, -0.25) is 61.7 Å². The molecule has 0 aromatic rings. The molecule has 53 heavy (non-hydrogen) atoms. The van der Waals surface area contributed by atoms with Gasteiger partial charge in [0.25, 0.3) is 0 Å². The zero-order valence-electron chi connectivity index (χ0n) is 30.3. The van der Waals surface area contributed by atoms with E-state index in [0.717, 1.165) is 38.5 Å². The molecule has 8 bridgehead atoms. The van der Waals surface area contributed by atoms with Gasteiger partial charge in [0.05, 0.1) is 73.0 Å². The van der Waals surface area contributed by atoms with Gasteiger partial charge >= 0.3 is 0 Å². The van der Waals surface area contributed by atoms with E-state index in [2.05, 4.69) is 42.5 Å². The minimum absolute atomic E-state index is 0. The molecule has 17 heteroatoms. The first-order chi connectivity index (χ1) is 25.1. The Balaban J connectivity index is 0.00000400. The molecule has 20 unspecified atom stereocenters. The van der Waals surface area contributed by atoms with Crippen molar-refractivity contribution in [3.05, 3.63) is 0 Å². The second kappa shape index (κ2) is 14.9. The molecule has 0 aromatic heterocycles. The summed E-state index contributed by atoms with van der Waals surface area (Å²) < 4.78 is 0. The Morgan fingerprint density at radius 1 is 0.321 bits per heavy atom. The van der Waals surface area contributed by atoms with Gasteiger partial charge in [0.2, 0.25) is 23.6 Å². The van der Waals surface area contributed by atoms with Crippen LogP contribution in [0.1, 0.15) is 77.0 Å². The van der Waals surface area contributed by atoms with E-state index in [1.807, 2.05) is 0 Å². The Hall–Kier alpha value is -1.92. The van der Waals surface area contributed by atoms with Crippen molar-refractivity contribution in [1.29, 1.82) is 0 Å². The van der Waals surface area contributed by atoms with E-state index in [4.69, 9.17) is 22.9 Å². The largest absolute Gasteiger partial charge is 0.369 e. The van der Waals surface area contributed by atoms with Crippen molar-refractivity contribution in [3.8, 4) is 0 Å². The molecule has 5 saturated heterocycles. The van der Waals surface area contributed by atoms with Crippen LogP contribution in [0.3, 0.4) is 0 Å². The summed E-state index contributed by atoms with van der Waals surface area (Å²) >= 11 is 0. The van der Waals surface area contributed by atoms with Crippen LogP contribution in [0.4, 0.5) is 0 Å².